The number of aliphatic hydroxyl groups excluding tert-OH is 3. The lowest BCUT2D eigenvalue weighted by Gasteiger charge is -2.67. The van der Waals surface area contributed by atoms with Gasteiger partial charge in [-0.05, 0) is 48.6 Å². The molecule has 3 aliphatic carbocycles. The Bertz CT molecular complexity index is 1630. The van der Waals surface area contributed by atoms with Crippen molar-refractivity contribution in [2.75, 3.05) is 13.2 Å². The molecule has 6 N–H and O–H groups in total. The summed E-state index contributed by atoms with van der Waals surface area (Å²) in [4.78, 5) is 65.2. The molecular weight excluding hydrogens is 664 g/mol. The van der Waals surface area contributed by atoms with Crippen molar-refractivity contribution in [3.8, 4) is 0 Å². The number of hydrogen-bond acceptors (Lipinski definition) is 14. The highest BCUT2D eigenvalue weighted by Crippen LogP contribution is 2.64. The summed E-state index contributed by atoms with van der Waals surface area (Å²) in [6.45, 7) is 9.94. The van der Waals surface area contributed by atoms with E-state index in [9.17, 15) is 49.6 Å². The molecule has 5 rings (SSSR count). The zero-order valence-electron chi connectivity index (χ0n) is 30.1. The van der Waals surface area contributed by atoms with Gasteiger partial charge in [-0.25, -0.2) is 4.79 Å². The largest absolute Gasteiger partial charge is 0.456 e. The summed E-state index contributed by atoms with van der Waals surface area (Å²) in [6, 6.07) is 6.90. The molecule has 14 heteroatoms. The number of carbonyl (C=O) groups excluding carboxylic acids is 4. The number of hydrogen-bond donors (Lipinski definition) is 6. The standard InChI is InChI=1S/C37H50N2O12/c1-8-22(40)35(7,39-49)24(42)16-38-27(20-12-10-9-11-13-20)29(44)32(46)51-21-15-37(48)19(3)30-34(6,23(41)14-25-36(30,47)17-50-25)31(45)28(43)26(18(21)2)33(37,4)5/h9-13,19,21,23,25,27-30,38,41,43-44,47-48H,8,14-17H2,1-7H3. The van der Waals surface area contributed by atoms with Crippen molar-refractivity contribution in [3.63, 3.8) is 0 Å². The van der Waals surface area contributed by atoms with Crippen LogP contribution in [0.4, 0.5) is 0 Å². The highest BCUT2D eigenvalue weighted by molar-refractivity contribution is 6.12. The maximum atomic E-state index is 14.3. The Kier molecular flexibility index (Phi) is 10.2. The van der Waals surface area contributed by atoms with E-state index in [0.717, 1.165) is 6.92 Å². The zero-order valence-corrected chi connectivity index (χ0v) is 30.1. The molecule has 1 aromatic carbocycles. The summed E-state index contributed by atoms with van der Waals surface area (Å²) in [7, 11) is 0. The summed E-state index contributed by atoms with van der Waals surface area (Å²) in [6.07, 6.45) is -7.53. The number of nitrogens with zero attached hydrogens (tertiary/aromatic N) is 1. The van der Waals surface area contributed by atoms with Crippen LogP contribution in [-0.2, 0) is 28.7 Å². The lowest BCUT2D eigenvalue weighted by atomic mass is 9.43. The second-order valence-electron chi connectivity index (χ2n) is 15.7. The molecule has 3 fully saturated rings. The number of rotatable bonds is 11. The third kappa shape index (κ3) is 5.65. The number of ether oxygens (including phenoxy) is 2. The molecule has 2 bridgehead atoms. The number of carbonyl (C=O) groups is 4. The molecule has 0 spiro atoms. The Morgan fingerprint density at radius 3 is 2.29 bits per heavy atom. The highest BCUT2D eigenvalue weighted by Gasteiger charge is 2.74. The molecular formula is C37H50N2O12. The number of nitroso groups, excluding NO2 is 1. The van der Waals surface area contributed by atoms with Crippen molar-refractivity contribution < 1.29 is 54.2 Å². The minimum Gasteiger partial charge on any atom is -0.456 e. The molecule has 0 radical (unpaired) electrons. The molecule has 1 saturated heterocycles. The van der Waals surface area contributed by atoms with E-state index in [0.29, 0.717) is 5.56 Å². The molecule has 1 aliphatic heterocycles. The Balaban J connectivity index is 1.50. The van der Waals surface area contributed by atoms with Gasteiger partial charge in [-0.3, -0.25) is 14.4 Å². The van der Waals surface area contributed by atoms with Gasteiger partial charge >= 0.3 is 5.97 Å². The minimum absolute atomic E-state index is 0.0331. The lowest BCUT2D eigenvalue weighted by Crippen LogP contribution is -2.78. The van der Waals surface area contributed by atoms with E-state index < -0.39 is 106 Å². The van der Waals surface area contributed by atoms with Crippen LogP contribution in [0.1, 0.15) is 79.3 Å². The molecule has 0 amide bonds. The van der Waals surface area contributed by atoms with E-state index in [4.69, 9.17) is 9.47 Å². The van der Waals surface area contributed by atoms with Crippen LogP contribution in [0, 0.1) is 27.6 Å². The van der Waals surface area contributed by atoms with Crippen LogP contribution in [0.5, 0.6) is 0 Å². The summed E-state index contributed by atoms with van der Waals surface area (Å²) >= 11 is 0. The molecule has 14 nitrogen and oxygen atoms in total. The van der Waals surface area contributed by atoms with E-state index >= 15 is 0 Å². The van der Waals surface area contributed by atoms with Gasteiger partial charge in [-0.15, -0.1) is 4.91 Å². The number of Topliss-reactive ketones (excluding diaryl/α,β-unsaturated/α-hetero) is 3. The van der Waals surface area contributed by atoms with E-state index in [2.05, 4.69) is 10.5 Å². The van der Waals surface area contributed by atoms with E-state index in [1.165, 1.54) is 13.8 Å². The fourth-order valence-electron chi connectivity index (χ4n) is 9.51. The minimum atomic E-state index is -2.17. The Morgan fingerprint density at radius 2 is 1.75 bits per heavy atom. The van der Waals surface area contributed by atoms with Gasteiger partial charge in [0.25, 0.3) is 0 Å². The second-order valence-corrected chi connectivity index (χ2v) is 15.7. The monoisotopic (exact) mass is 714 g/mol. The zero-order chi connectivity index (χ0) is 38.1. The average Bonchev–Trinajstić information content (AvgIpc) is 3.10. The molecule has 1 aromatic rings. The first-order valence-corrected chi connectivity index (χ1v) is 17.4. The van der Waals surface area contributed by atoms with Gasteiger partial charge in [-0.2, -0.15) is 0 Å². The molecule has 4 aliphatic rings. The van der Waals surface area contributed by atoms with Crippen LogP contribution in [0.15, 0.2) is 46.7 Å². The summed E-state index contributed by atoms with van der Waals surface area (Å²) in [5.41, 5.74) is -7.79. The average molecular weight is 715 g/mol. The van der Waals surface area contributed by atoms with Gasteiger partial charge in [0.15, 0.2) is 23.5 Å². The number of aliphatic hydroxyl groups is 5. The van der Waals surface area contributed by atoms with Crippen LogP contribution >= 0.6 is 0 Å². The maximum Gasteiger partial charge on any atom is 0.337 e. The SMILES string of the molecule is CCC(=O)C(C)(N=O)C(=O)CNC(c1ccccc1)C(O)C(=O)OC1CC2(O)C(C)C3C4(O)COC4CC(O)C3(C)C(=O)C(O)C(=C1C)C2(C)C. The van der Waals surface area contributed by atoms with E-state index in [1.807, 2.05) is 0 Å². The number of esters is 1. The van der Waals surface area contributed by atoms with Crippen molar-refractivity contribution in [1.29, 1.82) is 0 Å². The van der Waals surface area contributed by atoms with Crippen molar-refractivity contribution in [2.45, 2.75) is 121 Å². The summed E-state index contributed by atoms with van der Waals surface area (Å²) < 4.78 is 11.5. The molecule has 1 heterocycles. The Labute approximate surface area is 296 Å². The van der Waals surface area contributed by atoms with Crippen LogP contribution < -0.4 is 5.32 Å². The number of nitrogens with one attached hydrogen (secondary N) is 1. The second kappa shape index (κ2) is 13.3. The van der Waals surface area contributed by atoms with Gasteiger partial charge in [-0.1, -0.05) is 58.0 Å². The Hall–Kier alpha value is -3.24. The smallest absolute Gasteiger partial charge is 0.337 e. The van der Waals surface area contributed by atoms with E-state index in [-0.39, 0.29) is 37.0 Å². The third-order valence-corrected chi connectivity index (χ3v) is 12.9. The van der Waals surface area contributed by atoms with Crippen LogP contribution in [-0.4, -0.2) is 109 Å². The van der Waals surface area contributed by atoms with Gasteiger partial charge < -0.3 is 40.3 Å². The van der Waals surface area contributed by atoms with Gasteiger partial charge in [0.05, 0.1) is 42.4 Å². The number of fused-ring (bicyclic) bond motifs is 5. The van der Waals surface area contributed by atoms with Crippen molar-refractivity contribution >= 4 is 23.3 Å². The molecule has 51 heavy (non-hydrogen) atoms. The molecule has 12 unspecified atom stereocenters. The van der Waals surface area contributed by atoms with Crippen LogP contribution in [0.2, 0.25) is 0 Å². The third-order valence-electron chi connectivity index (χ3n) is 12.9. The normalized spacial score (nSPS) is 38.0. The lowest BCUT2D eigenvalue weighted by molar-refractivity contribution is -0.335. The summed E-state index contributed by atoms with van der Waals surface area (Å²) in [5, 5.41) is 64.8. The van der Waals surface area contributed by atoms with Crippen molar-refractivity contribution in [1.82, 2.24) is 5.32 Å². The van der Waals surface area contributed by atoms with Gasteiger partial charge in [0.1, 0.15) is 17.8 Å². The first-order valence-electron chi connectivity index (χ1n) is 17.4. The number of benzene rings is 1. The highest BCUT2D eigenvalue weighted by atomic mass is 16.6. The maximum absolute atomic E-state index is 14.3. The molecule has 12 atom stereocenters. The van der Waals surface area contributed by atoms with E-state index in [1.54, 1.807) is 58.0 Å². The fourth-order valence-corrected chi connectivity index (χ4v) is 9.51. The first kappa shape index (κ1) is 39.0. The van der Waals surface area contributed by atoms with Crippen molar-refractivity contribution in [3.05, 3.63) is 51.9 Å². The molecule has 280 valence electrons. The molecule has 0 aromatic heterocycles. The fraction of sp³-hybridized carbons (Fsp3) is 0.676. The summed E-state index contributed by atoms with van der Waals surface area (Å²) in [5.74, 6) is -5.42. The topological polar surface area (TPSA) is 229 Å². The quantitative estimate of drug-likeness (QED) is 0.0822. The number of ketones is 3. The predicted molar refractivity (Wildman–Crippen MR) is 181 cm³/mol. The molecule has 2 saturated carbocycles. The van der Waals surface area contributed by atoms with Crippen molar-refractivity contribution in [2.24, 2.45) is 27.8 Å². The van der Waals surface area contributed by atoms with Gasteiger partial charge in [0, 0.05) is 30.6 Å². The van der Waals surface area contributed by atoms with Gasteiger partial charge in [0.2, 0.25) is 5.54 Å². The Morgan fingerprint density at radius 1 is 1.12 bits per heavy atom. The predicted octanol–water partition coefficient (Wildman–Crippen LogP) is 1.24. The first-order chi connectivity index (χ1) is 23.7. The van der Waals surface area contributed by atoms with Crippen LogP contribution in [0.3, 0.4) is 0 Å². The van der Waals surface area contributed by atoms with Crippen LogP contribution in [0.25, 0.3) is 0 Å².